The minimum absolute atomic E-state index is 0.0505. The number of aliphatic hydroxyl groups is 3. The van der Waals surface area contributed by atoms with Gasteiger partial charge in [-0.2, -0.15) is 11.8 Å². The number of nitrogens with zero attached hydrogens (tertiary/aromatic N) is 7. The Morgan fingerprint density at radius 3 is 1.46 bits per heavy atom. The van der Waals surface area contributed by atoms with E-state index in [-0.39, 0.29) is 68.6 Å². The molecule has 1 fully saturated rings. The van der Waals surface area contributed by atoms with Crippen molar-refractivity contribution in [2.24, 2.45) is 35.5 Å². The number of thioether (sulfide) groups is 1. The van der Waals surface area contributed by atoms with Crippen molar-refractivity contribution in [1.82, 2.24) is 55.6 Å². The third kappa shape index (κ3) is 25.0. The Balaban J connectivity index is 4.56. The van der Waals surface area contributed by atoms with Gasteiger partial charge in [0.2, 0.25) is 65.0 Å². The van der Waals surface area contributed by atoms with E-state index >= 15 is 28.8 Å². The molecule has 13 atom stereocenters. The molecule has 0 radical (unpaired) electrons. The van der Waals surface area contributed by atoms with Crippen molar-refractivity contribution in [2.45, 2.75) is 247 Å². The second-order valence-corrected chi connectivity index (χ2v) is 29.3. The molecular formula is C67H121N11O14S. The summed E-state index contributed by atoms with van der Waals surface area (Å²) in [6.07, 6.45) is 3.06. The van der Waals surface area contributed by atoms with Gasteiger partial charge >= 0.3 is 0 Å². The Morgan fingerprint density at radius 1 is 0.527 bits per heavy atom. The number of likely N-dealkylation sites (N-methyl/N-ethyl adjacent to an activating group) is 7. The van der Waals surface area contributed by atoms with Crippen molar-refractivity contribution in [1.29, 1.82) is 0 Å². The zero-order chi connectivity index (χ0) is 72.0. The molecule has 93 heavy (non-hydrogen) atoms. The number of carbonyl (C=O) groups is 11. The number of amides is 11. The summed E-state index contributed by atoms with van der Waals surface area (Å²) in [6, 6.07) is -14.6. The fraction of sp³-hybridized carbons (Fsp3) is 0.806. The first kappa shape index (κ1) is 85.2. The highest BCUT2D eigenvalue weighted by Gasteiger charge is 2.47. The Hall–Kier alpha value is -5.86. The van der Waals surface area contributed by atoms with Crippen molar-refractivity contribution in [3.05, 3.63) is 12.2 Å². The van der Waals surface area contributed by atoms with E-state index in [4.69, 9.17) is 0 Å². The van der Waals surface area contributed by atoms with Crippen LogP contribution in [0.5, 0.6) is 0 Å². The Labute approximate surface area is 560 Å². The molecule has 0 unspecified atom stereocenters. The van der Waals surface area contributed by atoms with Crippen LogP contribution in [0.15, 0.2) is 12.2 Å². The first-order chi connectivity index (χ1) is 43.0. The van der Waals surface area contributed by atoms with Crippen LogP contribution in [0.3, 0.4) is 0 Å². The van der Waals surface area contributed by atoms with Gasteiger partial charge in [-0.05, 0) is 121 Å². The highest BCUT2D eigenvalue weighted by molar-refractivity contribution is 7.99. The van der Waals surface area contributed by atoms with Gasteiger partial charge in [0, 0.05) is 68.1 Å². The summed E-state index contributed by atoms with van der Waals surface area (Å²) < 4.78 is 0. The molecule has 0 saturated carbocycles. The maximum atomic E-state index is 15.3. The summed E-state index contributed by atoms with van der Waals surface area (Å²) in [7, 11) is 9.75. The lowest BCUT2D eigenvalue weighted by atomic mass is 9.91. The molecular weight excluding hydrogens is 1210 g/mol. The van der Waals surface area contributed by atoms with Gasteiger partial charge in [-0.25, -0.2) is 0 Å². The van der Waals surface area contributed by atoms with E-state index in [1.54, 1.807) is 60.6 Å². The molecule has 1 heterocycles. The second-order valence-electron chi connectivity index (χ2n) is 28.2. The van der Waals surface area contributed by atoms with Crippen molar-refractivity contribution in [3.63, 3.8) is 0 Å². The first-order valence-electron chi connectivity index (χ1n) is 33.3. The maximum absolute atomic E-state index is 15.3. The molecule has 26 heteroatoms. The first-order valence-corrected chi connectivity index (χ1v) is 34.4. The zero-order valence-electron chi connectivity index (χ0n) is 60.7. The van der Waals surface area contributed by atoms with Crippen LogP contribution in [-0.4, -0.2) is 260 Å². The third-order valence-electron chi connectivity index (χ3n) is 17.4. The van der Waals surface area contributed by atoms with Crippen molar-refractivity contribution in [2.75, 3.05) is 67.4 Å². The highest BCUT2D eigenvalue weighted by Crippen LogP contribution is 2.27. The normalized spacial score (nSPS) is 26.6. The monoisotopic (exact) mass is 1340 g/mol. The predicted octanol–water partition coefficient (Wildman–Crippen LogP) is 3.26. The van der Waals surface area contributed by atoms with Gasteiger partial charge in [0.1, 0.15) is 66.5 Å². The Bertz CT molecular complexity index is 2530. The Morgan fingerprint density at radius 2 is 0.989 bits per heavy atom. The molecule has 0 aromatic heterocycles. The summed E-state index contributed by atoms with van der Waals surface area (Å²) in [5.74, 6) is -9.98. The number of nitrogens with one attached hydrogen (secondary N) is 4. The Kier molecular flexibility index (Phi) is 35.9. The number of aliphatic hydroxyl groups excluding tert-OH is 2. The molecule has 7 N–H and O–H groups in total. The summed E-state index contributed by atoms with van der Waals surface area (Å²) in [5, 5.41) is 44.3. The van der Waals surface area contributed by atoms with E-state index in [0.29, 0.717) is 18.6 Å². The van der Waals surface area contributed by atoms with Crippen molar-refractivity contribution >= 4 is 76.7 Å². The van der Waals surface area contributed by atoms with Gasteiger partial charge in [-0.1, -0.05) is 95.2 Å². The fourth-order valence-corrected chi connectivity index (χ4v) is 12.5. The van der Waals surface area contributed by atoms with Crippen LogP contribution in [0.25, 0.3) is 0 Å². The molecule has 1 rings (SSSR count). The van der Waals surface area contributed by atoms with Crippen LogP contribution in [-0.2, 0) is 52.7 Å². The van der Waals surface area contributed by atoms with Gasteiger partial charge < -0.3 is 70.9 Å². The fourth-order valence-electron chi connectivity index (χ4n) is 11.4. The SMILES string of the molecule is C/C=C/C[C@@H](C)[C@@H](O)[C@H]1C(=O)N[C@H](CC)C(=O)N(C)[C@H](CSCCCO)C(=O)N(C)[C@@H](CC(C)(C)O)C(=O)N[C@H](C(C)C)C(=O)N(C)[C@H](CCC(C)C)C(=O)N[C@H](C)C(=O)N[C@@H](C)C(=O)N(C)[C@@H](CC(C)C)C(=O)N(C)[C@H](CC(C)C)C(=O)N(C)[C@H](C(C)C)C(=O)N1C. The summed E-state index contributed by atoms with van der Waals surface area (Å²) in [5.41, 5.74) is -1.60. The summed E-state index contributed by atoms with van der Waals surface area (Å²) in [6.45, 7) is 28.8. The van der Waals surface area contributed by atoms with Crippen LogP contribution in [0.2, 0.25) is 0 Å². The molecule has 0 aromatic rings. The van der Waals surface area contributed by atoms with Gasteiger partial charge in [0.05, 0.1) is 11.7 Å². The van der Waals surface area contributed by atoms with E-state index in [0.717, 1.165) is 14.7 Å². The van der Waals surface area contributed by atoms with E-state index in [1.807, 2.05) is 41.5 Å². The highest BCUT2D eigenvalue weighted by atomic mass is 32.2. The van der Waals surface area contributed by atoms with Crippen LogP contribution in [0.4, 0.5) is 0 Å². The number of hydrogen-bond acceptors (Lipinski definition) is 15. The van der Waals surface area contributed by atoms with E-state index < -0.39 is 161 Å². The van der Waals surface area contributed by atoms with Gasteiger partial charge in [0.25, 0.3) is 0 Å². The summed E-state index contributed by atoms with van der Waals surface area (Å²) >= 11 is 1.24. The molecule has 0 bridgehead atoms. The minimum Gasteiger partial charge on any atom is -0.396 e. The van der Waals surface area contributed by atoms with Gasteiger partial charge in [-0.3, -0.25) is 52.7 Å². The molecule has 0 aliphatic carbocycles. The molecule has 11 amide bonds. The minimum atomic E-state index is -1.67. The predicted molar refractivity (Wildman–Crippen MR) is 362 cm³/mol. The third-order valence-corrected chi connectivity index (χ3v) is 18.6. The molecule has 25 nitrogen and oxygen atoms in total. The average Bonchev–Trinajstić information content (AvgIpc) is 0.819. The van der Waals surface area contributed by atoms with E-state index in [2.05, 4.69) is 21.3 Å². The van der Waals surface area contributed by atoms with Crippen molar-refractivity contribution in [3.8, 4) is 0 Å². The number of carbonyl (C=O) groups excluding carboxylic acids is 11. The lowest BCUT2D eigenvalue weighted by molar-refractivity contribution is -0.157. The molecule has 0 aromatic carbocycles. The average molecular weight is 1340 g/mol. The standard InChI is InChI=1S/C67H121N11O14S/c1-25-27-29-43(13)55(80)54-59(84)70-46(26-2)61(86)76(22)51(37-93-33-28-32-79)64(89)75(21)50(36-67(16,17)92)58(83)71-52(41(9)10)65(90)72(18)47(31-30-38(3)4)57(82)68-44(14)56(81)69-45(15)60(85)73(19)48(34-39(5)6)62(87)74(20)49(35-40(7)8)63(88)77(23)53(42(11)12)66(91)78(54)24/h25,27,38-55,79-80,92H,26,28-37H2,1-24H3,(H,68,82)(H,69,81)(H,70,84)(H,71,83)/b27-25+/t43-,44-,45+,46-,47-,48+,49-,50+,51-,52-,53-,54+,55-/m1/s1. The smallest absolute Gasteiger partial charge is 0.246 e. The topological polar surface area (TPSA) is 319 Å². The summed E-state index contributed by atoms with van der Waals surface area (Å²) in [4.78, 5) is 172. The zero-order valence-corrected chi connectivity index (χ0v) is 61.5. The molecule has 1 saturated heterocycles. The van der Waals surface area contributed by atoms with Crippen LogP contribution in [0.1, 0.15) is 169 Å². The van der Waals surface area contributed by atoms with Crippen molar-refractivity contribution < 1.29 is 68.1 Å². The van der Waals surface area contributed by atoms with Crippen LogP contribution < -0.4 is 21.3 Å². The number of hydrogen-bond donors (Lipinski definition) is 7. The lowest BCUT2D eigenvalue weighted by Crippen LogP contribution is -2.64. The lowest BCUT2D eigenvalue weighted by Gasteiger charge is -2.41. The van der Waals surface area contributed by atoms with Crippen LogP contribution >= 0.6 is 11.8 Å². The number of allylic oxidation sites excluding steroid dienone is 2. The quantitative estimate of drug-likeness (QED) is 0.0641. The molecule has 1 aliphatic heterocycles. The molecule has 0 spiro atoms. The van der Waals surface area contributed by atoms with E-state index in [1.165, 1.54) is 108 Å². The largest absolute Gasteiger partial charge is 0.396 e. The van der Waals surface area contributed by atoms with Gasteiger partial charge in [-0.15, -0.1) is 0 Å². The molecule has 1 aliphatic rings. The maximum Gasteiger partial charge on any atom is 0.246 e. The van der Waals surface area contributed by atoms with Crippen LogP contribution in [0, 0.1) is 35.5 Å². The number of rotatable bonds is 21. The van der Waals surface area contributed by atoms with Gasteiger partial charge in [0.15, 0.2) is 0 Å². The second kappa shape index (κ2) is 39.2. The van der Waals surface area contributed by atoms with E-state index in [9.17, 15) is 39.3 Å². The molecule has 534 valence electrons.